The molecule has 0 amide bonds. The fourth-order valence-corrected chi connectivity index (χ4v) is 3.48. The van der Waals surface area contributed by atoms with Crippen LogP contribution in [0.15, 0.2) is 18.5 Å². The molecule has 19 heavy (non-hydrogen) atoms. The minimum atomic E-state index is -5.00. The molecule has 0 aliphatic heterocycles. The molecule has 3 unspecified atom stereocenters. The van der Waals surface area contributed by atoms with Gasteiger partial charge in [0, 0.05) is 6.20 Å². The number of nitrogens with zero attached hydrogens (tertiary/aromatic N) is 1. The first-order chi connectivity index (χ1) is 9.02. The Morgan fingerprint density at radius 3 is 2.68 bits per heavy atom. The fourth-order valence-electron chi connectivity index (χ4n) is 3.48. The fraction of sp³-hybridized carbons (Fsp3) is 0.615. The third-order valence-corrected chi connectivity index (χ3v) is 4.46. The number of aromatic nitrogens is 1. The molecule has 1 aromatic heterocycles. The molecule has 2 nitrogen and oxygen atoms in total. The van der Waals surface area contributed by atoms with Gasteiger partial charge in [0.25, 0.3) is 0 Å². The van der Waals surface area contributed by atoms with Gasteiger partial charge in [-0.05, 0) is 43.1 Å². The van der Waals surface area contributed by atoms with Crippen LogP contribution >= 0.6 is 0 Å². The first-order valence-corrected chi connectivity index (χ1v) is 6.80. The molecule has 0 spiro atoms. The van der Waals surface area contributed by atoms with E-state index in [4.69, 9.17) is 4.74 Å². The lowest BCUT2D eigenvalue weighted by atomic mass is 9.81. The maximum absolute atomic E-state index is 12.6. The molecule has 2 bridgehead atoms. The van der Waals surface area contributed by atoms with Crippen molar-refractivity contribution in [1.29, 1.82) is 0 Å². The predicted molar refractivity (Wildman–Crippen MR) is 67.4 cm³/mol. The van der Waals surface area contributed by atoms with E-state index in [0.717, 1.165) is 18.2 Å². The SMILES string of the molecule is F[B-](F)(F)c1cncc(OCC2CC3CCC2C3)c1. The molecule has 0 radical (unpaired) electrons. The normalized spacial score (nSPS) is 29.7. The zero-order valence-corrected chi connectivity index (χ0v) is 10.6. The molecule has 0 aromatic carbocycles. The summed E-state index contributed by atoms with van der Waals surface area (Å²) in [6, 6.07) is 1.06. The third-order valence-electron chi connectivity index (χ3n) is 4.46. The summed E-state index contributed by atoms with van der Waals surface area (Å²) >= 11 is 0. The van der Waals surface area contributed by atoms with Crippen LogP contribution in [0.5, 0.6) is 5.75 Å². The van der Waals surface area contributed by atoms with E-state index in [9.17, 15) is 12.9 Å². The first kappa shape index (κ1) is 12.8. The van der Waals surface area contributed by atoms with Crippen molar-refractivity contribution in [2.24, 2.45) is 17.8 Å². The van der Waals surface area contributed by atoms with Gasteiger partial charge in [0.05, 0.1) is 12.8 Å². The van der Waals surface area contributed by atoms with E-state index in [-0.39, 0.29) is 5.75 Å². The average molecular weight is 270 g/mol. The zero-order valence-electron chi connectivity index (χ0n) is 10.6. The Labute approximate surface area is 110 Å². The Hall–Kier alpha value is -1.20. The van der Waals surface area contributed by atoms with Crippen molar-refractivity contribution in [3.63, 3.8) is 0 Å². The molecule has 1 heterocycles. The highest BCUT2D eigenvalue weighted by molar-refractivity contribution is 6.73. The minimum absolute atomic E-state index is 0.236. The Morgan fingerprint density at radius 2 is 2.05 bits per heavy atom. The molecule has 6 heteroatoms. The van der Waals surface area contributed by atoms with Crippen LogP contribution in [0.3, 0.4) is 0 Å². The van der Waals surface area contributed by atoms with Gasteiger partial charge >= 0.3 is 6.98 Å². The van der Waals surface area contributed by atoms with Crippen LogP contribution in [0.1, 0.15) is 25.7 Å². The van der Waals surface area contributed by atoms with Gasteiger partial charge in [0.1, 0.15) is 5.75 Å². The molecule has 2 saturated carbocycles. The maximum Gasteiger partial charge on any atom is 0.511 e. The van der Waals surface area contributed by atoms with Gasteiger partial charge in [-0.15, -0.1) is 0 Å². The lowest BCUT2D eigenvalue weighted by Crippen LogP contribution is -2.34. The molecular weight excluding hydrogens is 254 g/mol. The Bertz CT molecular complexity index is 465. The van der Waals surface area contributed by atoms with Gasteiger partial charge in [-0.2, -0.15) is 0 Å². The van der Waals surface area contributed by atoms with E-state index in [1.54, 1.807) is 0 Å². The van der Waals surface area contributed by atoms with Gasteiger partial charge < -0.3 is 17.7 Å². The van der Waals surface area contributed by atoms with Gasteiger partial charge in [-0.1, -0.05) is 11.9 Å². The Morgan fingerprint density at radius 1 is 1.21 bits per heavy atom. The summed E-state index contributed by atoms with van der Waals surface area (Å²) in [7, 11) is 0. The van der Waals surface area contributed by atoms with Crippen molar-refractivity contribution in [3.05, 3.63) is 18.5 Å². The average Bonchev–Trinajstić information content (AvgIpc) is 2.98. The van der Waals surface area contributed by atoms with Crippen molar-refractivity contribution in [2.75, 3.05) is 6.61 Å². The maximum atomic E-state index is 12.6. The molecule has 2 fully saturated rings. The second-order valence-electron chi connectivity index (χ2n) is 5.77. The predicted octanol–water partition coefficient (Wildman–Crippen LogP) is 2.95. The summed E-state index contributed by atoms with van der Waals surface area (Å²) in [5.74, 6) is 2.29. The van der Waals surface area contributed by atoms with Crippen LogP contribution in [0.4, 0.5) is 12.9 Å². The summed E-state index contributed by atoms with van der Waals surface area (Å²) < 4.78 is 43.3. The van der Waals surface area contributed by atoms with Gasteiger partial charge in [0.15, 0.2) is 0 Å². The van der Waals surface area contributed by atoms with Crippen molar-refractivity contribution < 1.29 is 17.7 Å². The van der Waals surface area contributed by atoms with E-state index in [0.29, 0.717) is 18.4 Å². The molecule has 3 atom stereocenters. The molecular formula is C13H16BF3NO-. The van der Waals surface area contributed by atoms with Gasteiger partial charge in [0.2, 0.25) is 0 Å². The van der Waals surface area contributed by atoms with Crippen molar-refractivity contribution >= 4 is 12.4 Å². The highest BCUT2D eigenvalue weighted by Crippen LogP contribution is 2.48. The van der Waals surface area contributed by atoms with Gasteiger partial charge in [-0.25, -0.2) is 0 Å². The number of halogens is 3. The summed E-state index contributed by atoms with van der Waals surface area (Å²) in [6.07, 6.45) is 7.22. The van der Waals surface area contributed by atoms with Crippen LogP contribution in [0.25, 0.3) is 0 Å². The van der Waals surface area contributed by atoms with E-state index >= 15 is 0 Å². The van der Waals surface area contributed by atoms with Crippen LogP contribution < -0.4 is 10.2 Å². The van der Waals surface area contributed by atoms with E-state index in [1.165, 1.54) is 31.9 Å². The molecule has 1 aromatic rings. The second kappa shape index (κ2) is 4.73. The standard InChI is InChI=1S/C13H16BF3NO/c15-14(16,17)12-5-13(7-18-6-12)19-8-11-4-9-1-2-10(11)3-9/h5-7,9-11H,1-4,8H2/q-1. The van der Waals surface area contributed by atoms with Crippen LogP contribution in [-0.4, -0.2) is 18.6 Å². The van der Waals surface area contributed by atoms with Crippen LogP contribution in [-0.2, 0) is 0 Å². The highest BCUT2D eigenvalue weighted by Gasteiger charge is 2.39. The zero-order chi connectivity index (χ0) is 13.5. The quantitative estimate of drug-likeness (QED) is 0.785. The number of ether oxygens (including phenoxy) is 1. The van der Waals surface area contributed by atoms with Crippen LogP contribution in [0.2, 0.25) is 0 Å². The molecule has 0 saturated heterocycles. The van der Waals surface area contributed by atoms with E-state index < -0.39 is 12.4 Å². The number of rotatable bonds is 4. The first-order valence-electron chi connectivity index (χ1n) is 6.80. The molecule has 2 aliphatic carbocycles. The summed E-state index contributed by atoms with van der Waals surface area (Å²) in [6.45, 7) is -4.48. The lowest BCUT2D eigenvalue weighted by Gasteiger charge is -2.22. The Kier molecular flexibility index (Phi) is 3.19. The largest absolute Gasteiger partial charge is 0.511 e. The van der Waals surface area contributed by atoms with Crippen molar-refractivity contribution in [3.8, 4) is 5.75 Å². The van der Waals surface area contributed by atoms with E-state index in [1.807, 2.05) is 0 Å². The number of fused-ring (bicyclic) bond motifs is 2. The molecule has 3 rings (SSSR count). The summed E-state index contributed by atoms with van der Waals surface area (Å²) in [4.78, 5) is 3.61. The van der Waals surface area contributed by atoms with Crippen molar-refractivity contribution in [1.82, 2.24) is 4.98 Å². The number of hydrogen-bond acceptors (Lipinski definition) is 2. The monoisotopic (exact) mass is 270 g/mol. The smallest absolute Gasteiger partial charge is 0.492 e. The third kappa shape index (κ3) is 2.72. The number of hydrogen-bond donors (Lipinski definition) is 0. The van der Waals surface area contributed by atoms with Gasteiger partial charge in [-0.3, -0.25) is 4.98 Å². The molecule has 2 aliphatic rings. The second-order valence-corrected chi connectivity index (χ2v) is 5.77. The minimum Gasteiger partial charge on any atom is -0.492 e. The topological polar surface area (TPSA) is 22.1 Å². The van der Waals surface area contributed by atoms with E-state index in [2.05, 4.69) is 4.98 Å². The summed E-state index contributed by atoms with van der Waals surface area (Å²) in [5, 5.41) is 0. The molecule has 104 valence electrons. The molecule has 0 N–H and O–H groups in total. The summed E-state index contributed by atoms with van der Waals surface area (Å²) in [5.41, 5.74) is -0.689. The van der Waals surface area contributed by atoms with Crippen LogP contribution in [0, 0.1) is 17.8 Å². The Balaban J connectivity index is 1.61. The lowest BCUT2D eigenvalue weighted by molar-refractivity contribution is 0.195. The highest BCUT2D eigenvalue weighted by atomic mass is 19.4. The van der Waals surface area contributed by atoms with Crippen molar-refractivity contribution in [2.45, 2.75) is 25.7 Å². The number of pyridine rings is 1.